The topological polar surface area (TPSA) is 51.8 Å². The number of fused-ring (bicyclic) bond motifs is 5. The minimum absolute atomic E-state index is 0.627. The van der Waals surface area contributed by atoms with E-state index in [1.54, 1.807) is 0 Å². The predicted molar refractivity (Wildman–Crippen MR) is 211 cm³/mol. The number of aromatic nitrogens is 3. The van der Waals surface area contributed by atoms with Gasteiger partial charge >= 0.3 is 0 Å². The Balaban J connectivity index is 1.05. The Kier molecular flexibility index (Phi) is 7.05. The molecule has 0 amide bonds. The molecule has 0 saturated heterocycles. The number of rotatable bonds is 5. The van der Waals surface area contributed by atoms with Crippen LogP contribution in [0.3, 0.4) is 0 Å². The summed E-state index contributed by atoms with van der Waals surface area (Å²) in [7, 11) is 0. The molecule has 4 heteroatoms. The summed E-state index contributed by atoms with van der Waals surface area (Å²) >= 11 is 0. The molecular formula is C47H33N3O. The van der Waals surface area contributed by atoms with Gasteiger partial charge in [0.1, 0.15) is 11.2 Å². The van der Waals surface area contributed by atoms with Crippen LogP contribution in [0.1, 0.15) is 37.1 Å². The summed E-state index contributed by atoms with van der Waals surface area (Å²) in [6.07, 6.45) is 17.3. The first-order valence-electron chi connectivity index (χ1n) is 17.7. The van der Waals surface area contributed by atoms with E-state index in [2.05, 4.69) is 152 Å². The van der Waals surface area contributed by atoms with Crippen LogP contribution in [0.2, 0.25) is 0 Å². The number of furan rings is 1. The Labute approximate surface area is 295 Å². The van der Waals surface area contributed by atoms with Crippen molar-refractivity contribution in [3.8, 4) is 33.9 Å². The van der Waals surface area contributed by atoms with Gasteiger partial charge in [0.25, 0.3) is 0 Å². The SMILES string of the molecule is C1=CCCC(c2ccc3cc(-c4nc(C5=CCCC=C5)nc(-c5ccc6c(c5)oc5ccc(-c7ccc8ccccc8c7)cc56)n4)ccc3c2)=C1. The van der Waals surface area contributed by atoms with Gasteiger partial charge in [-0.05, 0) is 112 Å². The van der Waals surface area contributed by atoms with Gasteiger partial charge in [-0.1, -0.05) is 109 Å². The molecule has 0 unspecified atom stereocenters. The van der Waals surface area contributed by atoms with Crippen LogP contribution in [0.15, 0.2) is 156 Å². The molecule has 2 heterocycles. The lowest BCUT2D eigenvalue weighted by Gasteiger charge is -2.12. The molecule has 0 aliphatic heterocycles. The molecule has 2 aromatic heterocycles. The predicted octanol–water partition coefficient (Wildman–Crippen LogP) is 12.5. The summed E-state index contributed by atoms with van der Waals surface area (Å²) in [6.45, 7) is 0. The van der Waals surface area contributed by atoms with Crippen molar-refractivity contribution in [1.82, 2.24) is 15.0 Å². The molecule has 0 saturated carbocycles. The van der Waals surface area contributed by atoms with Crippen molar-refractivity contribution in [2.24, 2.45) is 0 Å². The van der Waals surface area contributed by atoms with Crippen molar-refractivity contribution in [3.63, 3.8) is 0 Å². The van der Waals surface area contributed by atoms with Gasteiger partial charge in [0, 0.05) is 27.5 Å². The summed E-state index contributed by atoms with van der Waals surface area (Å²) in [5.41, 5.74) is 9.56. The van der Waals surface area contributed by atoms with E-state index in [9.17, 15) is 0 Å². The molecule has 6 aromatic carbocycles. The van der Waals surface area contributed by atoms with Crippen molar-refractivity contribution in [1.29, 1.82) is 0 Å². The third kappa shape index (κ3) is 5.46. The quantitative estimate of drug-likeness (QED) is 0.185. The van der Waals surface area contributed by atoms with Crippen LogP contribution in [-0.4, -0.2) is 15.0 Å². The lowest BCUT2D eigenvalue weighted by molar-refractivity contribution is 0.669. The van der Waals surface area contributed by atoms with Crippen molar-refractivity contribution >= 4 is 54.6 Å². The highest BCUT2D eigenvalue weighted by molar-refractivity contribution is 6.07. The second-order valence-electron chi connectivity index (χ2n) is 13.5. The van der Waals surface area contributed by atoms with E-state index < -0.39 is 0 Å². The maximum absolute atomic E-state index is 6.44. The van der Waals surface area contributed by atoms with Gasteiger partial charge in [0.15, 0.2) is 17.5 Å². The number of hydrogen-bond acceptors (Lipinski definition) is 4. The van der Waals surface area contributed by atoms with Gasteiger partial charge in [-0.3, -0.25) is 0 Å². The summed E-state index contributed by atoms with van der Waals surface area (Å²) in [4.78, 5) is 15.1. The van der Waals surface area contributed by atoms with Crippen LogP contribution in [0, 0.1) is 0 Å². The van der Waals surface area contributed by atoms with E-state index in [1.165, 1.54) is 32.9 Å². The van der Waals surface area contributed by atoms with Crippen LogP contribution in [0.5, 0.6) is 0 Å². The van der Waals surface area contributed by atoms with Crippen LogP contribution in [-0.2, 0) is 0 Å². The first kappa shape index (κ1) is 29.5. The molecule has 51 heavy (non-hydrogen) atoms. The Morgan fingerprint density at radius 2 is 1.14 bits per heavy atom. The number of allylic oxidation sites excluding steroid dienone is 8. The lowest BCUT2D eigenvalue weighted by atomic mass is 9.95. The summed E-state index contributed by atoms with van der Waals surface area (Å²) in [6, 6.07) is 41.1. The van der Waals surface area contributed by atoms with E-state index >= 15 is 0 Å². The standard InChI is InChI=1S/C47H33N3O/c1-3-9-30(10-4-1)34-17-18-37-27-39(20-19-35(37)26-34)46-48-45(32-12-5-2-6-13-32)49-47(50-46)40-21-23-41-42-28-38(22-24-43(42)51-44(41)29-40)36-16-15-31-11-7-8-14-33(31)25-36/h1,3,5,7-9,11-29H,2,4,6,10H2. The van der Waals surface area contributed by atoms with Gasteiger partial charge in [-0.25, -0.2) is 15.0 Å². The molecule has 0 fully saturated rings. The molecule has 2 aliphatic carbocycles. The Morgan fingerprint density at radius 3 is 1.96 bits per heavy atom. The monoisotopic (exact) mass is 655 g/mol. The van der Waals surface area contributed by atoms with Crippen LogP contribution in [0.4, 0.5) is 0 Å². The van der Waals surface area contributed by atoms with Gasteiger partial charge in [-0.2, -0.15) is 0 Å². The minimum Gasteiger partial charge on any atom is -0.456 e. The zero-order chi connectivity index (χ0) is 33.7. The second kappa shape index (κ2) is 12.2. The lowest BCUT2D eigenvalue weighted by Crippen LogP contribution is -2.03. The van der Waals surface area contributed by atoms with Crippen molar-refractivity contribution in [3.05, 3.63) is 163 Å². The van der Waals surface area contributed by atoms with Crippen LogP contribution >= 0.6 is 0 Å². The summed E-state index contributed by atoms with van der Waals surface area (Å²) < 4.78 is 6.44. The van der Waals surface area contributed by atoms with Gasteiger partial charge in [0.2, 0.25) is 0 Å². The Morgan fingerprint density at radius 1 is 0.471 bits per heavy atom. The number of nitrogens with zero attached hydrogens (tertiary/aromatic N) is 3. The van der Waals surface area contributed by atoms with E-state index in [1.807, 2.05) is 0 Å². The third-order valence-electron chi connectivity index (χ3n) is 10.2. The van der Waals surface area contributed by atoms with Gasteiger partial charge < -0.3 is 4.42 Å². The average Bonchev–Trinajstić information content (AvgIpc) is 3.58. The highest BCUT2D eigenvalue weighted by Crippen LogP contribution is 2.36. The second-order valence-corrected chi connectivity index (χ2v) is 13.5. The highest BCUT2D eigenvalue weighted by atomic mass is 16.3. The molecule has 242 valence electrons. The molecule has 0 bridgehead atoms. The third-order valence-corrected chi connectivity index (χ3v) is 10.2. The molecule has 10 rings (SSSR count). The zero-order valence-electron chi connectivity index (χ0n) is 28.0. The first-order chi connectivity index (χ1) is 25.2. The maximum Gasteiger partial charge on any atom is 0.164 e. The van der Waals surface area contributed by atoms with Gasteiger partial charge in [-0.15, -0.1) is 0 Å². The molecule has 8 aromatic rings. The number of hydrogen-bond donors (Lipinski definition) is 0. The van der Waals surface area contributed by atoms with Crippen molar-refractivity contribution in [2.45, 2.75) is 25.7 Å². The molecule has 0 N–H and O–H groups in total. The molecule has 0 atom stereocenters. The van der Waals surface area contributed by atoms with E-state index in [-0.39, 0.29) is 0 Å². The van der Waals surface area contributed by atoms with E-state index in [0.717, 1.165) is 75.3 Å². The molecule has 0 radical (unpaired) electrons. The Hall–Kier alpha value is -6.39. The van der Waals surface area contributed by atoms with E-state index in [0.29, 0.717) is 17.5 Å². The molecule has 2 aliphatic rings. The molecule has 0 spiro atoms. The largest absolute Gasteiger partial charge is 0.456 e. The van der Waals surface area contributed by atoms with Crippen LogP contribution < -0.4 is 0 Å². The maximum atomic E-state index is 6.44. The van der Waals surface area contributed by atoms with Crippen molar-refractivity contribution in [2.75, 3.05) is 0 Å². The molecule has 4 nitrogen and oxygen atoms in total. The van der Waals surface area contributed by atoms with Gasteiger partial charge in [0.05, 0.1) is 0 Å². The fourth-order valence-corrected chi connectivity index (χ4v) is 7.43. The minimum atomic E-state index is 0.627. The highest BCUT2D eigenvalue weighted by Gasteiger charge is 2.17. The normalized spacial score (nSPS) is 14.4. The smallest absolute Gasteiger partial charge is 0.164 e. The van der Waals surface area contributed by atoms with Crippen LogP contribution in [0.25, 0.3) is 88.5 Å². The number of benzene rings is 6. The zero-order valence-corrected chi connectivity index (χ0v) is 28.0. The molecular weight excluding hydrogens is 623 g/mol. The summed E-state index contributed by atoms with van der Waals surface area (Å²) in [5, 5.41) is 7.00. The fourth-order valence-electron chi connectivity index (χ4n) is 7.43. The fraction of sp³-hybridized carbons (Fsp3) is 0.0851. The Bertz CT molecular complexity index is 2810. The van der Waals surface area contributed by atoms with E-state index in [4.69, 9.17) is 19.4 Å². The average molecular weight is 656 g/mol. The van der Waals surface area contributed by atoms with Crippen molar-refractivity contribution < 1.29 is 4.42 Å². The first-order valence-corrected chi connectivity index (χ1v) is 17.7. The summed E-state index contributed by atoms with van der Waals surface area (Å²) in [5.74, 6) is 1.97.